The van der Waals surface area contributed by atoms with Crippen LogP contribution in [0, 0.1) is 6.92 Å². The summed E-state index contributed by atoms with van der Waals surface area (Å²) in [5.41, 5.74) is 2.61. The molecule has 37 heavy (non-hydrogen) atoms. The number of hydrogen-bond acceptors (Lipinski definition) is 8. The first kappa shape index (κ1) is 24.3. The molecule has 1 saturated heterocycles. The Bertz CT molecular complexity index is 1530. The third kappa shape index (κ3) is 4.07. The Morgan fingerprint density at radius 2 is 1.62 bits per heavy atom. The molecular formula is C28H24N2O6S. The average molecular weight is 517 g/mol. The van der Waals surface area contributed by atoms with Crippen molar-refractivity contribution in [2.24, 2.45) is 0 Å². The van der Waals surface area contributed by atoms with Gasteiger partial charge in [-0.15, -0.1) is 0 Å². The van der Waals surface area contributed by atoms with Crippen LogP contribution in [0.3, 0.4) is 0 Å². The summed E-state index contributed by atoms with van der Waals surface area (Å²) in [4.78, 5) is 33.0. The van der Waals surface area contributed by atoms with Gasteiger partial charge in [-0.1, -0.05) is 47.7 Å². The number of fused-ring (bicyclic) bond motifs is 1. The van der Waals surface area contributed by atoms with Gasteiger partial charge in [-0.2, -0.15) is 0 Å². The number of thiazole rings is 1. The minimum atomic E-state index is -0.990. The minimum absolute atomic E-state index is 0.0547. The smallest absolute Gasteiger partial charge is 0.301 e. The van der Waals surface area contributed by atoms with Crippen LogP contribution in [0.15, 0.2) is 66.2 Å². The molecule has 1 aliphatic heterocycles. The number of rotatable bonds is 6. The maximum atomic E-state index is 13.5. The number of anilines is 1. The van der Waals surface area contributed by atoms with Crippen LogP contribution in [0.2, 0.25) is 0 Å². The van der Waals surface area contributed by atoms with Crippen LogP contribution >= 0.6 is 11.3 Å². The molecular weight excluding hydrogens is 492 g/mol. The van der Waals surface area contributed by atoms with Gasteiger partial charge in [0.1, 0.15) is 5.76 Å². The van der Waals surface area contributed by atoms with Crippen molar-refractivity contribution in [3.05, 3.63) is 82.9 Å². The van der Waals surface area contributed by atoms with Crippen LogP contribution in [0.4, 0.5) is 5.13 Å². The molecule has 1 N–H and O–H groups in total. The monoisotopic (exact) mass is 516 g/mol. The van der Waals surface area contributed by atoms with Crippen molar-refractivity contribution in [3.8, 4) is 17.2 Å². The third-order valence-electron chi connectivity index (χ3n) is 6.23. The molecule has 0 aliphatic carbocycles. The molecule has 1 amide bonds. The van der Waals surface area contributed by atoms with Gasteiger partial charge in [0.2, 0.25) is 5.75 Å². The summed E-state index contributed by atoms with van der Waals surface area (Å²) >= 11 is 1.30. The molecule has 0 radical (unpaired) electrons. The van der Waals surface area contributed by atoms with Gasteiger partial charge in [-0.3, -0.25) is 14.5 Å². The number of ether oxygens (including phenoxy) is 3. The number of ketones is 1. The molecule has 1 atom stereocenters. The molecule has 4 aromatic rings. The normalized spacial score (nSPS) is 16.9. The molecule has 0 saturated carbocycles. The van der Waals surface area contributed by atoms with Crippen molar-refractivity contribution in [1.82, 2.24) is 4.98 Å². The summed E-state index contributed by atoms with van der Waals surface area (Å²) in [6, 6.07) is 16.8. The van der Waals surface area contributed by atoms with Gasteiger partial charge >= 0.3 is 5.91 Å². The van der Waals surface area contributed by atoms with Crippen LogP contribution in [0.1, 0.15) is 22.7 Å². The average Bonchev–Trinajstić information content (AvgIpc) is 3.45. The van der Waals surface area contributed by atoms with Gasteiger partial charge in [0.05, 0.1) is 43.2 Å². The fraction of sp³-hybridized carbons (Fsp3) is 0.179. The highest BCUT2D eigenvalue weighted by Crippen LogP contribution is 2.48. The summed E-state index contributed by atoms with van der Waals surface area (Å²) in [6.45, 7) is 1.97. The van der Waals surface area contributed by atoms with E-state index in [0.717, 1.165) is 10.3 Å². The first-order valence-corrected chi connectivity index (χ1v) is 12.2. The molecule has 0 spiro atoms. The number of Topliss-reactive ketones (excluding diaryl/α,β-unsaturated/α-hetero) is 1. The Morgan fingerprint density at radius 3 is 2.24 bits per heavy atom. The highest BCUT2D eigenvalue weighted by Gasteiger charge is 2.48. The topological polar surface area (TPSA) is 98.2 Å². The number of amides is 1. The standard InChI is InChI=1S/C28H24N2O6S/c1-15-10-11-18-21(12-15)37-28(29-18)30-23(17-13-19(34-2)26(36-4)20(14-17)35-3)22(25(32)27(30)33)24(31)16-8-6-5-7-9-16/h5-14,23,31H,1-4H3/b24-22+/t23-/m0/s1. The van der Waals surface area contributed by atoms with Gasteiger partial charge in [0, 0.05) is 5.56 Å². The maximum absolute atomic E-state index is 13.5. The maximum Gasteiger partial charge on any atom is 0.301 e. The van der Waals surface area contributed by atoms with E-state index >= 15 is 0 Å². The number of carbonyl (C=O) groups excluding carboxylic acids is 2. The third-order valence-corrected chi connectivity index (χ3v) is 7.25. The van der Waals surface area contributed by atoms with Crippen LogP contribution < -0.4 is 19.1 Å². The second kappa shape index (κ2) is 9.59. The van der Waals surface area contributed by atoms with E-state index in [1.165, 1.54) is 37.6 Å². The number of methoxy groups -OCH3 is 3. The number of aryl methyl sites for hydroxylation is 1. The lowest BCUT2D eigenvalue weighted by Crippen LogP contribution is -2.29. The van der Waals surface area contributed by atoms with Crippen molar-refractivity contribution in [3.63, 3.8) is 0 Å². The molecule has 3 aromatic carbocycles. The Kier molecular flexibility index (Phi) is 6.31. The minimum Gasteiger partial charge on any atom is -0.507 e. The molecule has 9 heteroatoms. The van der Waals surface area contributed by atoms with Gasteiger partial charge in [0.15, 0.2) is 16.6 Å². The second-order valence-electron chi connectivity index (χ2n) is 8.46. The van der Waals surface area contributed by atoms with Crippen molar-refractivity contribution in [2.75, 3.05) is 26.2 Å². The van der Waals surface area contributed by atoms with E-state index in [1.54, 1.807) is 42.5 Å². The fourth-order valence-electron chi connectivity index (χ4n) is 4.48. The number of hydrogen-bond donors (Lipinski definition) is 1. The lowest BCUT2D eigenvalue weighted by Gasteiger charge is -2.24. The van der Waals surface area contributed by atoms with E-state index in [9.17, 15) is 14.7 Å². The highest BCUT2D eigenvalue weighted by molar-refractivity contribution is 7.22. The zero-order valence-electron chi connectivity index (χ0n) is 20.6. The number of aromatic nitrogens is 1. The van der Waals surface area contributed by atoms with Gasteiger partial charge in [-0.05, 0) is 42.3 Å². The molecule has 1 fully saturated rings. The van der Waals surface area contributed by atoms with Crippen molar-refractivity contribution >= 4 is 44.1 Å². The van der Waals surface area contributed by atoms with E-state index in [1.807, 2.05) is 25.1 Å². The van der Waals surface area contributed by atoms with Gasteiger partial charge in [-0.25, -0.2) is 4.98 Å². The first-order valence-electron chi connectivity index (χ1n) is 11.4. The van der Waals surface area contributed by atoms with Crippen LogP contribution in [0.25, 0.3) is 16.0 Å². The number of benzene rings is 3. The Morgan fingerprint density at radius 1 is 0.946 bits per heavy atom. The summed E-state index contributed by atoms with van der Waals surface area (Å²) in [7, 11) is 4.46. The SMILES string of the molecule is COc1cc([C@H]2/C(=C(\O)c3ccccc3)C(=O)C(=O)N2c2nc3ccc(C)cc3s2)cc(OC)c1OC. The molecule has 5 rings (SSSR count). The largest absolute Gasteiger partial charge is 0.507 e. The Hall–Kier alpha value is -4.37. The van der Waals surface area contributed by atoms with Crippen molar-refractivity contribution in [1.29, 1.82) is 0 Å². The molecule has 0 bridgehead atoms. The number of nitrogens with zero attached hydrogens (tertiary/aromatic N) is 2. The lowest BCUT2D eigenvalue weighted by atomic mass is 9.95. The van der Waals surface area contributed by atoms with Crippen LogP contribution in [0.5, 0.6) is 17.2 Å². The van der Waals surface area contributed by atoms with E-state index in [4.69, 9.17) is 14.2 Å². The van der Waals surface area contributed by atoms with Crippen LogP contribution in [-0.2, 0) is 9.59 Å². The lowest BCUT2D eigenvalue weighted by molar-refractivity contribution is -0.132. The van der Waals surface area contributed by atoms with Gasteiger partial charge < -0.3 is 19.3 Å². The second-order valence-corrected chi connectivity index (χ2v) is 9.47. The predicted molar refractivity (Wildman–Crippen MR) is 142 cm³/mol. The molecule has 8 nitrogen and oxygen atoms in total. The zero-order valence-corrected chi connectivity index (χ0v) is 21.5. The summed E-state index contributed by atoms with van der Waals surface area (Å²) in [5, 5.41) is 11.7. The summed E-state index contributed by atoms with van der Waals surface area (Å²) in [5.74, 6) is -0.812. The summed E-state index contributed by atoms with van der Waals surface area (Å²) in [6.07, 6.45) is 0. The number of aliphatic hydroxyl groups excluding tert-OH is 1. The van der Waals surface area contributed by atoms with E-state index in [0.29, 0.717) is 39.0 Å². The summed E-state index contributed by atoms with van der Waals surface area (Å²) < 4.78 is 17.4. The first-order chi connectivity index (χ1) is 17.9. The molecule has 0 unspecified atom stereocenters. The number of aliphatic hydroxyl groups is 1. The van der Waals surface area contributed by atoms with Crippen LogP contribution in [-0.4, -0.2) is 43.1 Å². The Labute approximate surface area is 217 Å². The molecule has 1 aliphatic rings. The van der Waals surface area contributed by atoms with Gasteiger partial charge in [0.25, 0.3) is 5.78 Å². The zero-order chi connectivity index (χ0) is 26.3. The predicted octanol–water partition coefficient (Wildman–Crippen LogP) is 5.26. The quantitative estimate of drug-likeness (QED) is 0.212. The van der Waals surface area contributed by atoms with E-state index in [2.05, 4.69) is 4.98 Å². The fourth-order valence-corrected chi connectivity index (χ4v) is 5.57. The highest BCUT2D eigenvalue weighted by atomic mass is 32.1. The molecule has 1 aromatic heterocycles. The number of carbonyl (C=O) groups is 2. The van der Waals surface area contributed by atoms with E-state index in [-0.39, 0.29) is 11.3 Å². The molecule has 188 valence electrons. The molecule has 2 heterocycles. The van der Waals surface area contributed by atoms with E-state index < -0.39 is 17.7 Å². The van der Waals surface area contributed by atoms with Crippen molar-refractivity contribution in [2.45, 2.75) is 13.0 Å². The Balaban J connectivity index is 1.79. The van der Waals surface area contributed by atoms with Crippen molar-refractivity contribution < 1.29 is 28.9 Å².